The van der Waals surface area contributed by atoms with Crippen molar-refractivity contribution in [3.8, 4) is 0 Å². The molecular formula is C79H145N17O17. The summed E-state index contributed by atoms with van der Waals surface area (Å²) in [5.41, 5.74) is 23.6. The number of esters is 1. The van der Waals surface area contributed by atoms with Crippen LogP contribution in [0, 0.1) is 29.6 Å². The van der Waals surface area contributed by atoms with Gasteiger partial charge >= 0.3 is 5.97 Å². The number of nitrogens with one attached hydrogen (secondary N) is 12. The normalized spacial score (nSPS) is 24.7. The van der Waals surface area contributed by atoms with E-state index in [-0.39, 0.29) is 96.4 Å². The summed E-state index contributed by atoms with van der Waals surface area (Å²) in [6.45, 7) is 18.4. The van der Waals surface area contributed by atoms with E-state index in [9.17, 15) is 72.5 Å². The summed E-state index contributed by atoms with van der Waals surface area (Å²) in [7, 11) is 0. The zero-order valence-corrected chi connectivity index (χ0v) is 69.8. The standard InChI is InChI=1S/C79H145N17O17/c1-13-16-17-18-19-20-21-22-23-24-25-26-39-60(99)84-53(36-31-42-82)69(102)90-63(49(8)9)76(109)95-66-52(12)113-79(112)65(51(11)15-3)94-70(103)55(35-28-30-41-81)86-75(108)62(48(6)7)92-73(106)59-38-33-44-96(59)78(111)64(50(10)14-2)93-72(105)58(46-98)89-67(100)54(34-27-29-40-80)85-74(107)61(47(4)5)91-71(104)57(45-97)88-68(101)56(37-32-43-83)87-77(66)110/h47-59,61-66,97-98H,13-46,80-83H2,1-12H3,(H,84,99)(H,85,107)(H,86,108)(H,87,110)(H,88,101)(H,89,100)(H,90,102)(H,91,104)(H,92,106)(H,93,105)(H,94,103)(H,95,109)/t50-,51-,52+,53-,54-,55-,56-,57-,58-,59-,61-,62-,63-,64-,65-,66-/m0/s1. The second-order valence-corrected chi connectivity index (χ2v) is 31.6. The van der Waals surface area contributed by atoms with Gasteiger partial charge in [0.2, 0.25) is 76.8 Å². The Morgan fingerprint density at radius 1 is 0.460 bits per heavy atom. The zero-order valence-electron chi connectivity index (χ0n) is 69.8. The molecule has 0 aliphatic carbocycles. The van der Waals surface area contributed by atoms with Crippen molar-refractivity contribution in [3.05, 3.63) is 0 Å². The van der Waals surface area contributed by atoms with Crippen LogP contribution >= 0.6 is 0 Å². The van der Waals surface area contributed by atoms with Crippen molar-refractivity contribution in [1.82, 2.24) is 68.7 Å². The molecule has 13 amide bonds. The molecule has 16 atom stereocenters. The van der Waals surface area contributed by atoms with E-state index >= 15 is 4.79 Å². The lowest BCUT2D eigenvalue weighted by Crippen LogP contribution is -2.63. The molecule has 0 aromatic heterocycles. The zero-order chi connectivity index (χ0) is 84.9. The number of amides is 13. The summed E-state index contributed by atoms with van der Waals surface area (Å²) in [5, 5.41) is 53.2. The molecule has 2 rings (SSSR count). The molecule has 2 heterocycles. The molecule has 34 nitrogen and oxygen atoms in total. The molecule has 0 aromatic rings. The molecule has 648 valence electrons. The van der Waals surface area contributed by atoms with Gasteiger partial charge in [0, 0.05) is 13.0 Å². The first-order valence-electron chi connectivity index (χ1n) is 41.9. The third kappa shape index (κ3) is 36.0. The summed E-state index contributed by atoms with van der Waals surface area (Å²) in [6.07, 6.45) is 14.1. The Balaban J connectivity index is 2.90. The van der Waals surface area contributed by atoms with E-state index in [1.165, 1.54) is 56.8 Å². The van der Waals surface area contributed by atoms with Crippen molar-refractivity contribution in [1.29, 1.82) is 0 Å². The predicted molar refractivity (Wildman–Crippen MR) is 429 cm³/mol. The van der Waals surface area contributed by atoms with Gasteiger partial charge in [0.05, 0.1) is 13.2 Å². The average molecular weight is 1610 g/mol. The van der Waals surface area contributed by atoms with E-state index in [2.05, 4.69) is 70.7 Å². The van der Waals surface area contributed by atoms with Crippen LogP contribution in [-0.4, -0.2) is 228 Å². The van der Waals surface area contributed by atoms with Gasteiger partial charge < -0.3 is 107 Å². The summed E-state index contributed by atoms with van der Waals surface area (Å²) >= 11 is 0. The number of aliphatic hydroxyl groups excluding tert-OH is 2. The Kier molecular flexibility index (Phi) is 50.1. The van der Waals surface area contributed by atoms with Crippen molar-refractivity contribution in [2.24, 2.45) is 52.5 Å². The largest absolute Gasteiger partial charge is 0.458 e. The Morgan fingerprint density at radius 3 is 1.32 bits per heavy atom. The van der Waals surface area contributed by atoms with Gasteiger partial charge in [0.15, 0.2) is 0 Å². The topological polar surface area (TPSA) is 540 Å². The van der Waals surface area contributed by atoms with Crippen molar-refractivity contribution < 1.29 is 82.1 Å². The minimum Gasteiger partial charge on any atom is -0.458 e. The molecule has 2 fully saturated rings. The molecule has 0 radical (unpaired) electrons. The molecule has 113 heavy (non-hydrogen) atoms. The molecule has 2 saturated heterocycles. The second-order valence-electron chi connectivity index (χ2n) is 31.6. The van der Waals surface area contributed by atoms with Crippen molar-refractivity contribution in [2.75, 3.05) is 45.9 Å². The van der Waals surface area contributed by atoms with E-state index in [4.69, 9.17) is 27.7 Å². The number of rotatable bonds is 41. The Hall–Kier alpha value is -7.66. The van der Waals surface area contributed by atoms with E-state index < -0.39 is 204 Å². The molecule has 22 N–H and O–H groups in total. The lowest BCUT2D eigenvalue weighted by Gasteiger charge is -2.33. The SMILES string of the molecule is CCCCCCCCCCCCCCC(=O)N[C@@H](CCCN)C(=O)N[C@H](C(=O)N[C@@H]1C(=O)N[C@@H](CCCN)C(=O)N[C@@H](CO)C(=O)N[C@@H](C(C)C)C(=O)N[C@@H](CCCCN)C(=O)N[C@@H](CO)C(=O)N[C@@H]([C@@H](C)CC)C(=O)N2CCC[C@H]2C(=O)N[C@@H](C(C)C)C(=O)N[C@@H](CCCCN)C(=O)N[C@@H]([C@@H](C)CC)C(=O)O[C@@H]1C)C(C)C. The number of cyclic esters (lactones) is 1. The molecule has 0 unspecified atom stereocenters. The fourth-order valence-corrected chi connectivity index (χ4v) is 13.5. The molecule has 0 bridgehead atoms. The number of nitrogens with two attached hydrogens (primary N) is 4. The van der Waals surface area contributed by atoms with Gasteiger partial charge in [-0.25, -0.2) is 4.79 Å². The Morgan fingerprint density at radius 2 is 0.867 bits per heavy atom. The average Bonchev–Trinajstić information content (AvgIpc) is 1.76. The van der Waals surface area contributed by atoms with Crippen LogP contribution in [0.15, 0.2) is 0 Å². The fraction of sp³-hybridized carbons (Fsp3) is 0.823. The number of carbonyl (C=O) groups is 14. The van der Waals surface area contributed by atoms with Crippen LogP contribution in [0.25, 0.3) is 0 Å². The first kappa shape index (κ1) is 101. The van der Waals surface area contributed by atoms with Gasteiger partial charge in [-0.1, -0.05) is 160 Å². The number of hydrogen-bond acceptors (Lipinski definition) is 21. The monoisotopic (exact) mass is 1600 g/mol. The number of aliphatic hydroxyl groups is 2. The molecule has 34 heteroatoms. The first-order chi connectivity index (χ1) is 53.7. The van der Waals surface area contributed by atoms with Crippen molar-refractivity contribution in [2.45, 2.75) is 341 Å². The highest BCUT2D eigenvalue weighted by molar-refractivity contribution is 6.00. The van der Waals surface area contributed by atoms with Crippen LogP contribution in [0.2, 0.25) is 0 Å². The molecule has 0 spiro atoms. The van der Waals surface area contributed by atoms with E-state index in [0.717, 1.165) is 25.7 Å². The number of hydrogen-bond donors (Lipinski definition) is 18. The minimum atomic E-state index is -1.95. The second kappa shape index (κ2) is 55.8. The summed E-state index contributed by atoms with van der Waals surface area (Å²) in [5.74, 6) is -15.9. The maximum Gasteiger partial charge on any atom is 0.329 e. The van der Waals surface area contributed by atoms with E-state index in [1.54, 1.807) is 69.2 Å². The van der Waals surface area contributed by atoms with E-state index in [1.807, 2.05) is 0 Å². The van der Waals surface area contributed by atoms with Crippen molar-refractivity contribution in [3.63, 3.8) is 0 Å². The Labute approximate surface area is 670 Å². The van der Waals surface area contributed by atoms with Gasteiger partial charge in [-0.2, -0.15) is 0 Å². The maximum absolute atomic E-state index is 15.2. The highest BCUT2D eigenvalue weighted by Gasteiger charge is 2.44. The molecule has 0 aromatic carbocycles. The van der Waals surface area contributed by atoms with Gasteiger partial charge in [0.25, 0.3) is 0 Å². The molecule has 0 saturated carbocycles. The smallest absolute Gasteiger partial charge is 0.329 e. The van der Waals surface area contributed by atoms with Gasteiger partial charge in [-0.05, 0) is 146 Å². The molecule has 2 aliphatic heterocycles. The number of carbonyl (C=O) groups excluding carboxylic acids is 14. The number of ether oxygens (including phenoxy) is 1. The number of nitrogens with zero attached hydrogens (tertiary/aromatic N) is 1. The number of fused-ring (bicyclic) bond motifs is 1. The predicted octanol–water partition coefficient (Wildman–Crippen LogP) is 0.612. The minimum absolute atomic E-state index is 0.0187. The van der Waals surface area contributed by atoms with Gasteiger partial charge in [-0.3, -0.25) is 62.3 Å². The van der Waals surface area contributed by atoms with Crippen LogP contribution < -0.4 is 86.7 Å². The van der Waals surface area contributed by atoms with Crippen LogP contribution in [0.1, 0.15) is 256 Å². The van der Waals surface area contributed by atoms with Crippen LogP contribution in [-0.2, 0) is 71.9 Å². The van der Waals surface area contributed by atoms with E-state index in [0.29, 0.717) is 44.9 Å². The third-order valence-electron chi connectivity index (χ3n) is 21.2. The van der Waals surface area contributed by atoms with Gasteiger partial charge in [0.1, 0.15) is 84.6 Å². The lowest BCUT2D eigenvalue weighted by molar-refractivity contribution is -0.157. The molecular weight excluding hydrogens is 1460 g/mol. The third-order valence-corrected chi connectivity index (χ3v) is 21.2. The van der Waals surface area contributed by atoms with Gasteiger partial charge in [-0.15, -0.1) is 0 Å². The molecule has 2 aliphatic rings. The van der Waals surface area contributed by atoms with Crippen molar-refractivity contribution >= 4 is 82.8 Å². The van der Waals surface area contributed by atoms with Crippen LogP contribution in [0.5, 0.6) is 0 Å². The Bertz CT molecular complexity index is 2970. The quantitative estimate of drug-likeness (QED) is 0.0295. The highest BCUT2D eigenvalue weighted by Crippen LogP contribution is 2.24. The summed E-state index contributed by atoms with van der Waals surface area (Å²) in [6, 6.07) is -19.3. The van der Waals surface area contributed by atoms with Crippen LogP contribution in [0.3, 0.4) is 0 Å². The fourth-order valence-electron chi connectivity index (χ4n) is 13.5. The summed E-state index contributed by atoms with van der Waals surface area (Å²) in [4.78, 5) is 205. The summed E-state index contributed by atoms with van der Waals surface area (Å²) < 4.78 is 6.09. The highest BCUT2D eigenvalue weighted by atomic mass is 16.5. The lowest BCUT2D eigenvalue weighted by atomic mass is 9.96. The number of unbranched alkanes of at least 4 members (excludes halogenated alkanes) is 13. The maximum atomic E-state index is 15.2. The van der Waals surface area contributed by atoms with Crippen LogP contribution in [0.4, 0.5) is 0 Å². The first-order valence-corrected chi connectivity index (χ1v) is 41.9.